The van der Waals surface area contributed by atoms with Crippen molar-refractivity contribution in [2.75, 3.05) is 19.7 Å². The second-order valence-electron chi connectivity index (χ2n) is 5.49. The van der Waals surface area contributed by atoms with Gasteiger partial charge in [-0.25, -0.2) is 0 Å². The number of morpholine rings is 1. The molecule has 2 heterocycles. The molecule has 1 aromatic heterocycles. The number of carbonyl (C=O) groups is 2. The van der Waals surface area contributed by atoms with E-state index in [0.29, 0.717) is 6.54 Å². The fraction of sp³-hybridized carbons (Fsp3) is 0.500. The number of rotatable bonds is 2. The highest BCUT2D eigenvalue weighted by Crippen LogP contribution is 2.18. The van der Waals surface area contributed by atoms with Crippen LogP contribution in [0.1, 0.15) is 28.5 Å². The summed E-state index contributed by atoms with van der Waals surface area (Å²) in [5, 5.41) is 0. The van der Waals surface area contributed by atoms with E-state index in [9.17, 15) is 14.4 Å². The van der Waals surface area contributed by atoms with Crippen LogP contribution in [-0.4, -0.2) is 47.0 Å². The van der Waals surface area contributed by atoms with E-state index in [1.807, 2.05) is 6.92 Å². The van der Waals surface area contributed by atoms with E-state index in [4.69, 9.17) is 10.5 Å². The molecule has 3 N–H and O–H groups in total. The van der Waals surface area contributed by atoms with Crippen molar-refractivity contribution >= 4 is 11.8 Å². The van der Waals surface area contributed by atoms with Crippen LogP contribution in [0.15, 0.2) is 10.9 Å². The van der Waals surface area contributed by atoms with Gasteiger partial charge in [-0.05, 0) is 32.4 Å². The summed E-state index contributed by atoms with van der Waals surface area (Å²) >= 11 is 0. The quantitative estimate of drug-likeness (QED) is 0.781. The van der Waals surface area contributed by atoms with E-state index >= 15 is 0 Å². The Hall–Kier alpha value is -2.15. The van der Waals surface area contributed by atoms with Crippen molar-refractivity contribution in [3.8, 4) is 0 Å². The summed E-state index contributed by atoms with van der Waals surface area (Å²) < 4.78 is 5.36. The number of hydrogen-bond donors (Lipinski definition) is 2. The lowest BCUT2D eigenvalue weighted by Gasteiger charge is -2.38. The summed E-state index contributed by atoms with van der Waals surface area (Å²) in [6.07, 6.45) is 0. The number of carbonyl (C=O) groups excluding carboxylic acids is 2. The van der Waals surface area contributed by atoms with Crippen molar-refractivity contribution in [1.82, 2.24) is 9.88 Å². The van der Waals surface area contributed by atoms with Crippen molar-refractivity contribution in [3.05, 3.63) is 33.2 Å². The topological polar surface area (TPSA) is 105 Å². The van der Waals surface area contributed by atoms with Gasteiger partial charge in [-0.3, -0.25) is 14.4 Å². The van der Waals surface area contributed by atoms with Gasteiger partial charge < -0.3 is 20.4 Å². The molecule has 0 bridgehead atoms. The van der Waals surface area contributed by atoms with Gasteiger partial charge >= 0.3 is 0 Å². The Morgan fingerprint density at radius 3 is 2.71 bits per heavy atom. The maximum absolute atomic E-state index is 12.5. The third-order valence-electron chi connectivity index (χ3n) is 3.81. The molecule has 0 aromatic carbocycles. The molecule has 7 nitrogen and oxygen atoms in total. The molecule has 0 spiro atoms. The van der Waals surface area contributed by atoms with E-state index in [1.54, 1.807) is 19.9 Å². The summed E-state index contributed by atoms with van der Waals surface area (Å²) in [4.78, 5) is 39.9. The minimum Gasteiger partial charge on any atom is -0.367 e. The van der Waals surface area contributed by atoms with Gasteiger partial charge in [-0.15, -0.1) is 0 Å². The SMILES string of the molecule is Cc1cc(C(=O)N2CCOC(C)(C(N)=O)C2)c(=O)[nH]c1C. The Balaban J connectivity index is 2.30. The predicted octanol–water partition coefficient (Wildman–Crippen LogP) is -0.292. The van der Waals surface area contributed by atoms with E-state index in [1.165, 1.54) is 4.90 Å². The molecule has 1 aliphatic heterocycles. The lowest BCUT2D eigenvalue weighted by molar-refractivity contribution is -0.150. The predicted molar refractivity (Wildman–Crippen MR) is 76.0 cm³/mol. The zero-order chi connectivity index (χ0) is 15.8. The van der Waals surface area contributed by atoms with Gasteiger partial charge in [0.05, 0.1) is 13.2 Å². The number of H-pyrrole nitrogens is 1. The first kappa shape index (κ1) is 15.2. The number of aromatic amines is 1. The average molecular weight is 293 g/mol. The number of amides is 2. The van der Waals surface area contributed by atoms with Crippen LogP contribution in [0, 0.1) is 13.8 Å². The van der Waals surface area contributed by atoms with Crippen LogP contribution in [0.4, 0.5) is 0 Å². The molecule has 114 valence electrons. The third kappa shape index (κ3) is 2.82. The number of pyridine rings is 1. The Labute approximate surface area is 122 Å². The van der Waals surface area contributed by atoms with Crippen LogP contribution in [0.5, 0.6) is 0 Å². The molecule has 2 rings (SSSR count). The number of aromatic nitrogens is 1. The van der Waals surface area contributed by atoms with E-state index in [-0.39, 0.29) is 18.7 Å². The lowest BCUT2D eigenvalue weighted by Crippen LogP contribution is -2.58. The van der Waals surface area contributed by atoms with E-state index in [2.05, 4.69) is 4.98 Å². The molecule has 21 heavy (non-hydrogen) atoms. The molecule has 0 saturated carbocycles. The minimum atomic E-state index is -1.22. The number of primary amides is 1. The molecule has 1 atom stereocenters. The highest BCUT2D eigenvalue weighted by Gasteiger charge is 2.39. The van der Waals surface area contributed by atoms with Gasteiger partial charge in [0, 0.05) is 12.2 Å². The largest absolute Gasteiger partial charge is 0.367 e. The van der Waals surface area contributed by atoms with E-state index in [0.717, 1.165) is 11.3 Å². The molecule has 1 aromatic rings. The number of aryl methyl sites for hydroxylation is 2. The zero-order valence-corrected chi connectivity index (χ0v) is 12.4. The summed E-state index contributed by atoms with van der Waals surface area (Å²) in [7, 11) is 0. The molecule has 2 amide bonds. The average Bonchev–Trinajstić information content (AvgIpc) is 2.42. The minimum absolute atomic E-state index is 0.0352. The molecule has 0 radical (unpaired) electrons. The van der Waals surface area contributed by atoms with Crippen molar-refractivity contribution < 1.29 is 14.3 Å². The van der Waals surface area contributed by atoms with Crippen LogP contribution in [0.3, 0.4) is 0 Å². The second kappa shape index (κ2) is 5.33. The van der Waals surface area contributed by atoms with Crippen LogP contribution >= 0.6 is 0 Å². The highest BCUT2D eigenvalue weighted by molar-refractivity contribution is 5.95. The van der Waals surface area contributed by atoms with Crippen LogP contribution < -0.4 is 11.3 Å². The molecular formula is C14H19N3O4. The van der Waals surface area contributed by atoms with Gasteiger partial charge in [-0.1, -0.05) is 0 Å². The fourth-order valence-corrected chi connectivity index (χ4v) is 2.25. The molecule has 1 aliphatic rings. The number of nitrogens with two attached hydrogens (primary N) is 1. The van der Waals surface area contributed by atoms with Gasteiger partial charge in [0.1, 0.15) is 5.56 Å². The number of nitrogens with one attached hydrogen (secondary N) is 1. The summed E-state index contributed by atoms with van der Waals surface area (Å²) in [5.74, 6) is -1.05. The molecule has 1 fully saturated rings. The van der Waals surface area contributed by atoms with E-state index < -0.39 is 23.0 Å². The highest BCUT2D eigenvalue weighted by atomic mass is 16.5. The number of ether oxygens (including phenoxy) is 1. The smallest absolute Gasteiger partial charge is 0.261 e. The van der Waals surface area contributed by atoms with Crippen LogP contribution in [0.2, 0.25) is 0 Å². The van der Waals surface area contributed by atoms with Crippen molar-refractivity contribution in [3.63, 3.8) is 0 Å². The summed E-state index contributed by atoms with van der Waals surface area (Å²) in [6.45, 7) is 5.67. The maximum Gasteiger partial charge on any atom is 0.261 e. The first-order chi connectivity index (χ1) is 9.74. The molecule has 7 heteroatoms. The summed E-state index contributed by atoms with van der Waals surface area (Å²) in [6, 6.07) is 1.56. The van der Waals surface area contributed by atoms with Gasteiger partial charge in [0.2, 0.25) is 0 Å². The van der Waals surface area contributed by atoms with Crippen LogP contribution in [-0.2, 0) is 9.53 Å². The Morgan fingerprint density at radius 1 is 1.43 bits per heavy atom. The first-order valence-electron chi connectivity index (χ1n) is 6.68. The lowest BCUT2D eigenvalue weighted by atomic mass is 10.0. The van der Waals surface area contributed by atoms with Crippen molar-refractivity contribution in [2.24, 2.45) is 5.73 Å². The fourth-order valence-electron chi connectivity index (χ4n) is 2.25. The third-order valence-corrected chi connectivity index (χ3v) is 3.81. The number of hydrogen-bond acceptors (Lipinski definition) is 4. The van der Waals surface area contributed by atoms with Gasteiger partial charge in [-0.2, -0.15) is 0 Å². The molecule has 1 unspecified atom stereocenters. The van der Waals surface area contributed by atoms with Gasteiger partial charge in [0.25, 0.3) is 17.4 Å². The van der Waals surface area contributed by atoms with Gasteiger partial charge in [0.15, 0.2) is 5.60 Å². The second-order valence-corrected chi connectivity index (χ2v) is 5.49. The summed E-state index contributed by atoms with van der Waals surface area (Å²) in [5.41, 5.74) is 5.26. The number of nitrogens with zero attached hydrogens (tertiary/aromatic N) is 1. The maximum atomic E-state index is 12.5. The first-order valence-corrected chi connectivity index (χ1v) is 6.68. The van der Waals surface area contributed by atoms with Crippen molar-refractivity contribution in [2.45, 2.75) is 26.4 Å². The Morgan fingerprint density at radius 2 is 2.10 bits per heavy atom. The monoisotopic (exact) mass is 293 g/mol. The Kier molecular flexibility index (Phi) is 3.87. The zero-order valence-electron chi connectivity index (χ0n) is 12.4. The Bertz CT molecular complexity index is 652. The molecular weight excluding hydrogens is 274 g/mol. The standard InChI is InChI=1S/C14H19N3O4/c1-8-6-10(11(18)16-9(8)2)12(19)17-4-5-21-14(3,7-17)13(15)20/h6H,4-5,7H2,1-3H3,(H2,15,20)(H,16,18). The van der Waals surface area contributed by atoms with Crippen molar-refractivity contribution in [1.29, 1.82) is 0 Å². The normalized spacial score (nSPS) is 22.1. The molecule has 0 aliphatic carbocycles. The van der Waals surface area contributed by atoms with Crippen LogP contribution in [0.25, 0.3) is 0 Å². The molecule has 1 saturated heterocycles.